The van der Waals surface area contributed by atoms with Crippen molar-refractivity contribution in [2.45, 2.75) is 39.0 Å². The molecule has 2 amide bonds. The molecule has 2 atom stereocenters. The number of hydrogen-bond acceptors (Lipinski definition) is 9. The highest BCUT2D eigenvalue weighted by Gasteiger charge is 2.30. The number of benzene rings is 1. The quantitative estimate of drug-likeness (QED) is 0.171. The lowest BCUT2D eigenvalue weighted by atomic mass is 10.0. The molecule has 198 valence electrons. The summed E-state index contributed by atoms with van der Waals surface area (Å²) in [6.07, 6.45) is -0.426. The van der Waals surface area contributed by atoms with Gasteiger partial charge in [-0.05, 0) is 31.4 Å². The molecule has 1 aromatic carbocycles. The third-order valence-corrected chi connectivity index (χ3v) is 4.76. The summed E-state index contributed by atoms with van der Waals surface area (Å²) in [6.45, 7) is 6.16. The van der Waals surface area contributed by atoms with E-state index in [0.29, 0.717) is 25.4 Å². The normalized spacial score (nSPS) is 13.5. The molecule has 11 heteroatoms. The number of hydrogen-bond donors (Lipinski definition) is 4. The lowest BCUT2D eigenvalue weighted by Gasteiger charge is -2.25. The fourth-order valence-electron chi connectivity index (χ4n) is 2.87. The van der Waals surface area contributed by atoms with Gasteiger partial charge in [0.15, 0.2) is 11.5 Å². The summed E-state index contributed by atoms with van der Waals surface area (Å²) in [7, 11) is 1.56. The van der Waals surface area contributed by atoms with Crippen LogP contribution in [0.2, 0.25) is 0 Å². The van der Waals surface area contributed by atoms with Crippen molar-refractivity contribution in [3.63, 3.8) is 0 Å². The fourth-order valence-corrected chi connectivity index (χ4v) is 2.87. The van der Waals surface area contributed by atoms with E-state index in [2.05, 4.69) is 16.0 Å². The van der Waals surface area contributed by atoms with Crippen molar-refractivity contribution in [1.82, 2.24) is 16.0 Å². The Bertz CT molecular complexity index is 758. The summed E-state index contributed by atoms with van der Waals surface area (Å²) in [6, 6.07) is 8.24. The molecule has 0 heterocycles. The molecule has 0 aliphatic heterocycles. The molecule has 0 aromatic heterocycles. The van der Waals surface area contributed by atoms with Crippen LogP contribution in [0.15, 0.2) is 30.3 Å². The van der Waals surface area contributed by atoms with Crippen LogP contribution in [0, 0.1) is 5.92 Å². The van der Waals surface area contributed by atoms with Gasteiger partial charge < -0.3 is 34.7 Å². The SMILES string of the molecule is COCCOCCOC(=O)N[C@@H](CC(C)C)C(=O)NCC(=O)C(C)(O)NCCOc1ccccc1. The molecule has 0 radical (unpaired) electrons. The Labute approximate surface area is 206 Å². The monoisotopic (exact) mass is 497 g/mol. The minimum absolute atomic E-state index is 0.0204. The van der Waals surface area contributed by atoms with Gasteiger partial charge in [0, 0.05) is 13.7 Å². The maximum Gasteiger partial charge on any atom is 0.407 e. The first-order valence-corrected chi connectivity index (χ1v) is 11.6. The van der Waals surface area contributed by atoms with Gasteiger partial charge in [0.1, 0.15) is 25.0 Å². The van der Waals surface area contributed by atoms with Gasteiger partial charge in [-0.3, -0.25) is 14.9 Å². The molecule has 35 heavy (non-hydrogen) atoms. The van der Waals surface area contributed by atoms with Crippen molar-refractivity contribution in [3.05, 3.63) is 30.3 Å². The summed E-state index contributed by atoms with van der Waals surface area (Å²) < 4.78 is 20.6. The minimum Gasteiger partial charge on any atom is -0.492 e. The van der Waals surface area contributed by atoms with Crippen LogP contribution in [0.5, 0.6) is 5.75 Å². The summed E-state index contributed by atoms with van der Waals surface area (Å²) in [5, 5.41) is 18.1. The minimum atomic E-state index is -1.87. The highest BCUT2D eigenvalue weighted by atomic mass is 16.6. The smallest absolute Gasteiger partial charge is 0.407 e. The van der Waals surface area contributed by atoms with Crippen molar-refractivity contribution in [2.75, 3.05) is 53.2 Å². The van der Waals surface area contributed by atoms with Crippen LogP contribution in [0.3, 0.4) is 0 Å². The van der Waals surface area contributed by atoms with E-state index in [1.54, 1.807) is 19.2 Å². The van der Waals surface area contributed by atoms with Crippen molar-refractivity contribution in [2.24, 2.45) is 5.92 Å². The van der Waals surface area contributed by atoms with E-state index in [1.807, 2.05) is 32.0 Å². The van der Waals surface area contributed by atoms with Gasteiger partial charge in [-0.1, -0.05) is 32.0 Å². The van der Waals surface area contributed by atoms with Crippen LogP contribution >= 0.6 is 0 Å². The number of amides is 2. The number of ether oxygens (including phenoxy) is 4. The van der Waals surface area contributed by atoms with E-state index in [9.17, 15) is 19.5 Å². The molecule has 4 N–H and O–H groups in total. The summed E-state index contributed by atoms with van der Waals surface area (Å²) in [5.74, 6) is -0.421. The lowest BCUT2D eigenvalue weighted by molar-refractivity contribution is -0.139. The predicted molar refractivity (Wildman–Crippen MR) is 129 cm³/mol. The van der Waals surface area contributed by atoms with Crippen molar-refractivity contribution in [3.8, 4) is 5.75 Å². The average molecular weight is 498 g/mol. The number of carbonyl (C=O) groups is 3. The fraction of sp³-hybridized carbons (Fsp3) is 0.625. The topological polar surface area (TPSA) is 144 Å². The highest BCUT2D eigenvalue weighted by molar-refractivity contribution is 5.93. The zero-order valence-corrected chi connectivity index (χ0v) is 21.0. The third-order valence-electron chi connectivity index (χ3n) is 4.76. The Hall–Kier alpha value is -2.73. The Balaban J connectivity index is 2.42. The lowest BCUT2D eigenvalue weighted by Crippen LogP contribution is -2.56. The predicted octanol–water partition coefficient (Wildman–Crippen LogP) is 0.853. The molecule has 1 rings (SSSR count). The van der Waals surface area contributed by atoms with Crippen LogP contribution in [-0.2, 0) is 23.8 Å². The molecule has 1 unspecified atom stereocenters. The van der Waals surface area contributed by atoms with E-state index in [-0.39, 0.29) is 32.3 Å². The first kappa shape index (κ1) is 30.3. The second kappa shape index (κ2) is 16.8. The number of ketones is 1. The molecule has 0 aliphatic rings. The third kappa shape index (κ3) is 13.7. The maximum absolute atomic E-state index is 12.6. The second-order valence-electron chi connectivity index (χ2n) is 8.37. The number of Topliss-reactive ketones (excluding diaryl/α,β-unsaturated/α-hetero) is 1. The molecular weight excluding hydrogens is 458 g/mol. The van der Waals surface area contributed by atoms with Gasteiger partial charge in [-0.2, -0.15) is 0 Å². The Morgan fingerprint density at radius 1 is 1.03 bits per heavy atom. The number of carbonyl (C=O) groups excluding carboxylic acids is 3. The molecule has 11 nitrogen and oxygen atoms in total. The van der Waals surface area contributed by atoms with Crippen LogP contribution in [-0.4, -0.2) is 87.9 Å². The van der Waals surface area contributed by atoms with Gasteiger partial charge in [-0.25, -0.2) is 4.79 Å². The molecule has 1 aromatic rings. The van der Waals surface area contributed by atoms with Crippen molar-refractivity contribution in [1.29, 1.82) is 0 Å². The molecule has 0 spiro atoms. The standard InChI is InChI=1S/C24H39N3O8/c1-18(2)16-20(27-23(30)35-15-14-33-13-12-32-4)22(29)25-17-21(28)24(3,31)26-10-11-34-19-8-6-5-7-9-19/h5-9,18,20,26,31H,10-17H2,1-4H3,(H,25,29)(H,27,30)/t20-,24?/m0/s1. The number of aliphatic hydroxyl groups is 1. The van der Waals surface area contributed by atoms with Crippen LogP contribution in [0.1, 0.15) is 27.2 Å². The van der Waals surface area contributed by atoms with E-state index in [0.717, 1.165) is 0 Å². The van der Waals surface area contributed by atoms with Crippen LogP contribution in [0.4, 0.5) is 4.79 Å². The Kier molecular flexibility index (Phi) is 14.6. The van der Waals surface area contributed by atoms with Gasteiger partial charge in [-0.15, -0.1) is 0 Å². The summed E-state index contributed by atoms with van der Waals surface area (Å²) >= 11 is 0. The van der Waals surface area contributed by atoms with Crippen LogP contribution < -0.4 is 20.7 Å². The van der Waals surface area contributed by atoms with Crippen molar-refractivity contribution >= 4 is 17.8 Å². The van der Waals surface area contributed by atoms with Crippen LogP contribution in [0.25, 0.3) is 0 Å². The molecular formula is C24H39N3O8. The zero-order valence-electron chi connectivity index (χ0n) is 21.0. The molecule has 0 saturated carbocycles. The Morgan fingerprint density at radius 2 is 1.71 bits per heavy atom. The van der Waals surface area contributed by atoms with E-state index >= 15 is 0 Å². The highest BCUT2D eigenvalue weighted by Crippen LogP contribution is 2.08. The van der Waals surface area contributed by atoms with Gasteiger partial charge in [0.05, 0.1) is 26.4 Å². The van der Waals surface area contributed by atoms with E-state index in [4.69, 9.17) is 18.9 Å². The number of nitrogens with one attached hydrogen (secondary N) is 3. The Morgan fingerprint density at radius 3 is 2.37 bits per heavy atom. The average Bonchev–Trinajstić information content (AvgIpc) is 2.82. The first-order valence-electron chi connectivity index (χ1n) is 11.6. The number of rotatable bonds is 18. The zero-order chi connectivity index (χ0) is 26.1. The molecule has 0 bridgehead atoms. The number of para-hydroxylation sites is 1. The summed E-state index contributed by atoms with van der Waals surface area (Å²) in [5.41, 5.74) is -1.87. The van der Waals surface area contributed by atoms with Gasteiger partial charge in [0.2, 0.25) is 5.91 Å². The second-order valence-corrected chi connectivity index (χ2v) is 8.37. The first-order chi connectivity index (χ1) is 16.7. The molecule has 0 fully saturated rings. The largest absolute Gasteiger partial charge is 0.492 e. The van der Waals surface area contributed by atoms with Crippen molar-refractivity contribution < 1.29 is 38.4 Å². The van der Waals surface area contributed by atoms with E-state index < -0.39 is 36.1 Å². The molecule has 0 saturated heterocycles. The number of alkyl carbamates (subject to hydrolysis) is 1. The maximum atomic E-state index is 12.6. The molecule has 0 aliphatic carbocycles. The van der Waals surface area contributed by atoms with Gasteiger partial charge in [0.25, 0.3) is 0 Å². The summed E-state index contributed by atoms with van der Waals surface area (Å²) in [4.78, 5) is 37.1. The van der Waals surface area contributed by atoms with Gasteiger partial charge >= 0.3 is 6.09 Å². The number of methoxy groups -OCH3 is 1. The van der Waals surface area contributed by atoms with E-state index in [1.165, 1.54) is 6.92 Å².